The third kappa shape index (κ3) is 5.65. The minimum Gasteiger partial charge on any atom is -0.356 e. The van der Waals surface area contributed by atoms with Gasteiger partial charge in [0.25, 0.3) is 0 Å². The summed E-state index contributed by atoms with van der Waals surface area (Å²) in [6.45, 7) is 0.496. The monoisotopic (exact) mass is 458 g/mol. The van der Waals surface area contributed by atoms with Crippen LogP contribution in [0.1, 0.15) is 30.4 Å². The highest BCUT2D eigenvalue weighted by molar-refractivity contribution is 7.89. The summed E-state index contributed by atoms with van der Waals surface area (Å²) >= 11 is 0. The number of aryl methyl sites for hydroxylation is 2. The second kappa shape index (κ2) is 9.39. The van der Waals surface area contributed by atoms with E-state index in [1.165, 1.54) is 6.07 Å². The number of alkyl halides is 3. The molecule has 2 heterocycles. The number of piperidine rings is 1. The fraction of sp³-hybridized carbons (Fsp3) is 0.500. The number of hydrogen-bond donors (Lipinski definition) is 1. The molecule has 3 rings (SSSR count). The number of hydrogen-bond acceptors (Lipinski definition) is 4. The van der Waals surface area contributed by atoms with E-state index in [0.29, 0.717) is 6.54 Å². The highest BCUT2D eigenvalue weighted by Crippen LogP contribution is 2.36. The molecule has 0 saturated carbocycles. The Morgan fingerprint density at radius 1 is 1.23 bits per heavy atom. The molecule has 1 fully saturated rings. The lowest BCUT2D eigenvalue weighted by atomic mass is 9.97. The topological polar surface area (TPSA) is 84.3 Å². The molecule has 1 aromatic heterocycles. The number of sulfonamides is 1. The predicted octanol–water partition coefficient (Wildman–Crippen LogP) is 2.59. The lowest BCUT2D eigenvalue weighted by molar-refractivity contribution is -0.139. The number of nitrogens with one attached hydrogen (secondary N) is 1. The standard InChI is InChI=1S/C20H25F3N4O3S/c1-26-14-15(13-25-26)5-4-10-24-19(28)16-8-11-27(12-9-16)31(29,30)18-7-3-2-6-17(18)20(21,22)23/h2-3,6-7,13-14,16H,4-5,8-12H2,1H3,(H,24,28). The third-order valence-electron chi connectivity index (χ3n) is 5.33. The van der Waals surface area contributed by atoms with Gasteiger partial charge in [0.05, 0.1) is 16.7 Å². The van der Waals surface area contributed by atoms with Gasteiger partial charge in [-0.1, -0.05) is 12.1 Å². The summed E-state index contributed by atoms with van der Waals surface area (Å²) in [5.74, 6) is -0.512. The Bertz CT molecular complexity index is 1010. The minimum absolute atomic E-state index is 0.00228. The Morgan fingerprint density at radius 2 is 1.90 bits per heavy atom. The van der Waals surface area contributed by atoms with Crippen molar-refractivity contribution >= 4 is 15.9 Å². The molecule has 0 bridgehead atoms. The summed E-state index contributed by atoms with van der Waals surface area (Å²) in [4.78, 5) is 11.6. The Labute approximate surface area is 179 Å². The smallest absolute Gasteiger partial charge is 0.356 e. The lowest BCUT2D eigenvalue weighted by Gasteiger charge is -2.31. The van der Waals surface area contributed by atoms with Crippen LogP contribution in [0.2, 0.25) is 0 Å². The van der Waals surface area contributed by atoms with Crippen LogP contribution >= 0.6 is 0 Å². The summed E-state index contributed by atoms with van der Waals surface area (Å²) < 4.78 is 68.0. The van der Waals surface area contributed by atoms with Gasteiger partial charge in [0.15, 0.2) is 0 Å². The Kier molecular flexibility index (Phi) is 7.05. The van der Waals surface area contributed by atoms with Gasteiger partial charge in [-0.05, 0) is 43.4 Å². The zero-order chi connectivity index (χ0) is 22.6. The number of carbonyl (C=O) groups is 1. The van der Waals surface area contributed by atoms with Gasteiger partial charge < -0.3 is 5.32 Å². The summed E-state index contributed by atoms with van der Waals surface area (Å²) in [6, 6.07) is 4.17. The van der Waals surface area contributed by atoms with Crippen LogP contribution in [0, 0.1) is 5.92 Å². The molecule has 1 amide bonds. The van der Waals surface area contributed by atoms with E-state index in [-0.39, 0.29) is 37.8 Å². The minimum atomic E-state index is -4.77. The van der Waals surface area contributed by atoms with Crippen molar-refractivity contribution in [3.8, 4) is 0 Å². The van der Waals surface area contributed by atoms with Crippen LogP contribution in [0.4, 0.5) is 13.2 Å². The molecule has 7 nitrogen and oxygen atoms in total. The molecule has 1 N–H and O–H groups in total. The van der Waals surface area contributed by atoms with Crippen molar-refractivity contribution in [1.29, 1.82) is 0 Å². The van der Waals surface area contributed by atoms with Gasteiger partial charge >= 0.3 is 6.18 Å². The zero-order valence-corrected chi connectivity index (χ0v) is 17.9. The van der Waals surface area contributed by atoms with Crippen LogP contribution in [0.5, 0.6) is 0 Å². The molecule has 31 heavy (non-hydrogen) atoms. The molecule has 0 aliphatic carbocycles. The fourth-order valence-electron chi connectivity index (χ4n) is 3.67. The average molecular weight is 459 g/mol. The first-order valence-corrected chi connectivity index (χ1v) is 11.4. The van der Waals surface area contributed by atoms with Crippen LogP contribution in [-0.2, 0) is 34.5 Å². The maximum Gasteiger partial charge on any atom is 0.417 e. The van der Waals surface area contributed by atoms with E-state index in [0.717, 1.165) is 40.9 Å². The molecule has 1 saturated heterocycles. The molecule has 1 aromatic carbocycles. The molecule has 0 unspecified atom stereocenters. The largest absolute Gasteiger partial charge is 0.417 e. The van der Waals surface area contributed by atoms with Crippen molar-refractivity contribution in [1.82, 2.24) is 19.4 Å². The lowest BCUT2D eigenvalue weighted by Crippen LogP contribution is -2.43. The molecule has 11 heteroatoms. The first-order valence-electron chi connectivity index (χ1n) is 10.0. The van der Waals surface area contributed by atoms with E-state index >= 15 is 0 Å². The van der Waals surface area contributed by atoms with E-state index in [2.05, 4.69) is 10.4 Å². The van der Waals surface area contributed by atoms with Gasteiger partial charge in [0, 0.05) is 38.8 Å². The van der Waals surface area contributed by atoms with Crippen molar-refractivity contribution in [2.45, 2.75) is 36.8 Å². The predicted molar refractivity (Wildman–Crippen MR) is 107 cm³/mol. The summed E-state index contributed by atoms with van der Waals surface area (Å²) in [7, 11) is -2.47. The molecule has 1 aliphatic heterocycles. The van der Waals surface area contributed by atoms with Crippen molar-refractivity contribution in [3.05, 3.63) is 47.8 Å². The highest BCUT2D eigenvalue weighted by Gasteiger charge is 2.40. The number of carbonyl (C=O) groups excluding carboxylic acids is 1. The first-order chi connectivity index (χ1) is 14.6. The normalized spacial score (nSPS) is 16.4. The van der Waals surface area contributed by atoms with Crippen LogP contribution in [0.15, 0.2) is 41.6 Å². The van der Waals surface area contributed by atoms with Crippen LogP contribution < -0.4 is 5.32 Å². The van der Waals surface area contributed by atoms with Crippen molar-refractivity contribution in [3.63, 3.8) is 0 Å². The van der Waals surface area contributed by atoms with Gasteiger partial charge in [-0.15, -0.1) is 0 Å². The van der Waals surface area contributed by atoms with Crippen LogP contribution in [-0.4, -0.2) is 48.0 Å². The number of amides is 1. The Hall–Kier alpha value is -2.40. The Balaban J connectivity index is 1.52. The van der Waals surface area contributed by atoms with Gasteiger partial charge in [0.2, 0.25) is 15.9 Å². The Morgan fingerprint density at radius 3 is 2.52 bits per heavy atom. The second-order valence-electron chi connectivity index (χ2n) is 7.59. The maximum absolute atomic E-state index is 13.2. The number of aromatic nitrogens is 2. The molecule has 0 atom stereocenters. The molecule has 0 spiro atoms. The fourth-order valence-corrected chi connectivity index (χ4v) is 5.35. The van der Waals surface area contributed by atoms with Gasteiger partial charge in [0.1, 0.15) is 0 Å². The molecular formula is C20H25F3N4O3S. The van der Waals surface area contributed by atoms with E-state index in [1.807, 2.05) is 13.2 Å². The zero-order valence-electron chi connectivity index (χ0n) is 17.1. The number of rotatable bonds is 7. The van der Waals surface area contributed by atoms with Gasteiger partial charge in [-0.2, -0.15) is 22.6 Å². The average Bonchev–Trinajstić information content (AvgIpc) is 3.15. The van der Waals surface area contributed by atoms with E-state index in [1.54, 1.807) is 10.9 Å². The van der Waals surface area contributed by atoms with Crippen LogP contribution in [0.25, 0.3) is 0 Å². The van der Waals surface area contributed by atoms with Crippen molar-refractivity contribution in [2.24, 2.45) is 13.0 Å². The summed E-state index contributed by atoms with van der Waals surface area (Å²) in [5, 5.41) is 6.95. The third-order valence-corrected chi connectivity index (χ3v) is 7.29. The summed E-state index contributed by atoms with van der Waals surface area (Å²) in [5.41, 5.74) is -0.0992. The molecular weight excluding hydrogens is 433 g/mol. The number of benzene rings is 1. The van der Waals surface area contributed by atoms with Crippen molar-refractivity contribution < 1.29 is 26.4 Å². The second-order valence-corrected chi connectivity index (χ2v) is 9.50. The number of nitrogens with zero attached hydrogens (tertiary/aromatic N) is 3. The summed E-state index contributed by atoms with van der Waals surface area (Å²) in [6.07, 6.45) is 0.980. The molecule has 0 radical (unpaired) electrons. The number of halogens is 3. The van der Waals surface area contributed by atoms with Gasteiger partial charge in [-0.3, -0.25) is 9.48 Å². The molecule has 2 aromatic rings. The highest BCUT2D eigenvalue weighted by atomic mass is 32.2. The van der Waals surface area contributed by atoms with Crippen molar-refractivity contribution in [2.75, 3.05) is 19.6 Å². The molecule has 170 valence electrons. The van der Waals surface area contributed by atoms with E-state index < -0.39 is 26.7 Å². The van der Waals surface area contributed by atoms with E-state index in [9.17, 15) is 26.4 Å². The quantitative estimate of drug-likeness (QED) is 0.647. The maximum atomic E-state index is 13.2. The first kappa shape index (κ1) is 23.3. The van der Waals surface area contributed by atoms with Gasteiger partial charge in [-0.25, -0.2) is 8.42 Å². The SMILES string of the molecule is Cn1cc(CCCNC(=O)C2CCN(S(=O)(=O)c3ccccc3C(F)(F)F)CC2)cn1. The van der Waals surface area contributed by atoms with Crippen LogP contribution in [0.3, 0.4) is 0 Å². The van der Waals surface area contributed by atoms with E-state index in [4.69, 9.17) is 0 Å². The molecule has 1 aliphatic rings.